The third-order valence-corrected chi connectivity index (χ3v) is 2.59. The van der Waals surface area contributed by atoms with Gasteiger partial charge in [0, 0.05) is 18.8 Å². The monoisotopic (exact) mass is 260 g/mol. The average Bonchev–Trinajstić information content (AvgIpc) is 2.94. The van der Waals surface area contributed by atoms with Crippen LogP contribution >= 0.6 is 0 Å². The summed E-state index contributed by atoms with van der Waals surface area (Å²) in [6.07, 6.45) is 4.05. The average molecular weight is 260 g/mol. The van der Waals surface area contributed by atoms with E-state index in [0.717, 1.165) is 11.3 Å². The zero-order valence-electron chi connectivity index (χ0n) is 10.4. The van der Waals surface area contributed by atoms with Crippen LogP contribution in [0.5, 0.6) is 5.75 Å². The van der Waals surface area contributed by atoms with Gasteiger partial charge in [0.1, 0.15) is 18.2 Å². The minimum absolute atomic E-state index is 0.187. The van der Waals surface area contributed by atoms with E-state index in [0.29, 0.717) is 19.6 Å². The Hall–Kier alpha value is -2.50. The van der Waals surface area contributed by atoms with Crippen LogP contribution in [0.25, 0.3) is 0 Å². The molecule has 0 fully saturated rings. The Bertz CT molecular complexity index is 520. The highest BCUT2D eigenvalue weighted by atomic mass is 16.5. The molecule has 0 bridgehead atoms. The molecular formula is C13H16N4O2. The summed E-state index contributed by atoms with van der Waals surface area (Å²) >= 11 is 0. The van der Waals surface area contributed by atoms with E-state index in [1.807, 2.05) is 41.2 Å². The normalized spacial score (nSPS) is 11.5. The number of benzene rings is 1. The van der Waals surface area contributed by atoms with Crippen LogP contribution in [0.1, 0.15) is 5.56 Å². The van der Waals surface area contributed by atoms with Gasteiger partial charge in [-0.25, -0.2) is 0 Å². The van der Waals surface area contributed by atoms with Gasteiger partial charge in [-0.2, -0.15) is 5.10 Å². The lowest BCUT2D eigenvalue weighted by Crippen LogP contribution is -2.14. The highest BCUT2D eigenvalue weighted by Gasteiger charge is 1.99. The van der Waals surface area contributed by atoms with Crippen LogP contribution in [0.15, 0.2) is 47.9 Å². The first-order chi connectivity index (χ1) is 9.28. The number of nitrogens with two attached hydrogens (primary N) is 1. The first-order valence-corrected chi connectivity index (χ1v) is 5.93. The lowest BCUT2D eigenvalue weighted by atomic mass is 10.1. The van der Waals surface area contributed by atoms with Crippen LogP contribution in [0.3, 0.4) is 0 Å². The van der Waals surface area contributed by atoms with E-state index < -0.39 is 0 Å². The number of rotatable bonds is 6. The molecule has 2 aromatic rings. The van der Waals surface area contributed by atoms with Crippen LogP contribution in [0.4, 0.5) is 0 Å². The van der Waals surface area contributed by atoms with E-state index >= 15 is 0 Å². The van der Waals surface area contributed by atoms with Gasteiger partial charge in [0.05, 0.1) is 6.54 Å². The summed E-state index contributed by atoms with van der Waals surface area (Å²) in [5, 5.41) is 15.5. The molecule has 0 aliphatic rings. The fourth-order valence-corrected chi connectivity index (χ4v) is 1.64. The third-order valence-electron chi connectivity index (χ3n) is 2.59. The molecule has 100 valence electrons. The van der Waals surface area contributed by atoms with Gasteiger partial charge in [-0.3, -0.25) is 4.68 Å². The van der Waals surface area contributed by atoms with Crippen LogP contribution in [0, 0.1) is 0 Å². The first kappa shape index (κ1) is 12.9. The fourth-order valence-electron chi connectivity index (χ4n) is 1.64. The van der Waals surface area contributed by atoms with Crippen molar-refractivity contribution >= 4 is 5.84 Å². The smallest absolute Gasteiger partial charge is 0.143 e. The molecule has 0 saturated carbocycles. The summed E-state index contributed by atoms with van der Waals surface area (Å²) in [5.74, 6) is 0.975. The zero-order chi connectivity index (χ0) is 13.5. The second kappa shape index (κ2) is 6.44. The summed E-state index contributed by atoms with van der Waals surface area (Å²) in [7, 11) is 0. The van der Waals surface area contributed by atoms with Crippen molar-refractivity contribution in [3.05, 3.63) is 48.3 Å². The molecular weight excluding hydrogens is 244 g/mol. The summed E-state index contributed by atoms with van der Waals surface area (Å²) in [6, 6.07) is 9.39. The summed E-state index contributed by atoms with van der Waals surface area (Å²) in [4.78, 5) is 0. The fraction of sp³-hybridized carbons (Fsp3) is 0.231. The maximum absolute atomic E-state index is 8.49. The standard InChI is InChI=1S/C13H16N4O2/c14-13(16-18)10-11-2-4-12(5-3-11)19-9-8-17-7-1-6-15-17/h1-7,18H,8-10H2,(H2,14,16). The van der Waals surface area contributed by atoms with Crippen molar-refractivity contribution in [1.29, 1.82) is 0 Å². The highest BCUT2D eigenvalue weighted by Crippen LogP contribution is 2.12. The van der Waals surface area contributed by atoms with E-state index in [9.17, 15) is 0 Å². The Balaban J connectivity index is 1.81. The molecule has 0 aliphatic heterocycles. The summed E-state index contributed by atoms with van der Waals surface area (Å²) < 4.78 is 7.41. The van der Waals surface area contributed by atoms with Crippen LogP contribution < -0.4 is 10.5 Å². The predicted octanol–water partition coefficient (Wildman–Crippen LogP) is 1.25. The molecule has 0 amide bonds. The summed E-state index contributed by atoms with van der Waals surface area (Å²) in [6.45, 7) is 1.26. The second-order valence-corrected chi connectivity index (χ2v) is 4.03. The van der Waals surface area contributed by atoms with Crippen molar-refractivity contribution in [3.63, 3.8) is 0 Å². The number of hydrogen-bond donors (Lipinski definition) is 2. The lowest BCUT2D eigenvalue weighted by molar-refractivity contribution is 0.291. The maximum atomic E-state index is 8.49. The van der Waals surface area contributed by atoms with E-state index in [1.165, 1.54) is 0 Å². The van der Waals surface area contributed by atoms with E-state index in [4.69, 9.17) is 15.7 Å². The minimum atomic E-state index is 0.187. The molecule has 2 rings (SSSR count). The SMILES string of the molecule is N/C(Cc1ccc(OCCn2cccn2)cc1)=N\O. The number of amidine groups is 1. The minimum Gasteiger partial charge on any atom is -0.492 e. The lowest BCUT2D eigenvalue weighted by Gasteiger charge is -2.07. The Morgan fingerprint density at radius 1 is 1.37 bits per heavy atom. The highest BCUT2D eigenvalue weighted by molar-refractivity contribution is 5.82. The third kappa shape index (κ3) is 4.02. The van der Waals surface area contributed by atoms with Gasteiger partial charge in [0.25, 0.3) is 0 Å². The number of hydrogen-bond acceptors (Lipinski definition) is 4. The molecule has 1 aromatic carbocycles. The molecule has 0 atom stereocenters. The largest absolute Gasteiger partial charge is 0.492 e. The van der Waals surface area contributed by atoms with Gasteiger partial charge in [-0.15, -0.1) is 0 Å². The van der Waals surface area contributed by atoms with E-state index in [-0.39, 0.29) is 5.84 Å². The molecule has 0 saturated heterocycles. The van der Waals surface area contributed by atoms with Gasteiger partial charge in [0.2, 0.25) is 0 Å². The zero-order valence-corrected chi connectivity index (χ0v) is 10.4. The number of nitrogens with zero attached hydrogens (tertiary/aromatic N) is 3. The van der Waals surface area contributed by atoms with Crippen molar-refractivity contribution in [1.82, 2.24) is 9.78 Å². The molecule has 1 heterocycles. The Labute approximate surface area is 111 Å². The number of aromatic nitrogens is 2. The predicted molar refractivity (Wildman–Crippen MR) is 71.3 cm³/mol. The van der Waals surface area contributed by atoms with Gasteiger partial charge >= 0.3 is 0 Å². The van der Waals surface area contributed by atoms with Gasteiger partial charge in [-0.1, -0.05) is 17.3 Å². The molecule has 0 spiro atoms. The Kier molecular flexibility index (Phi) is 4.39. The number of oxime groups is 1. The molecule has 0 radical (unpaired) electrons. The molecule has 6 nitrogen and oxygen atoms in total. The molecule has 0 aliphatic carbocycles. The Morgan fingerprint density at radius 3 is 2.79 bits per heavy atom. The van der Waals surface area contributed by atoms with Crippen LogP contribution in [0.2, 0.25) is 0 Å². The van der Waals surface area contributed by atoms with Gasteiger partial charge < -0.3 is 15.7 Å². The summed E-state index contributed by atoms with van der Waals surface area (Å²) in [5.41, 5.74) is 6.40. The van der Waals surface area contributed by atoms with E-state index in [2.05, 4.69) is 10.3 Å². The van der Waals surface area contributed by atoms with E-state index in [1.54, 1.807) is 6.20 Å². The number of ether oxygens (including phenoxy) is 1. The molecule has 6 heteroatoms. The first-order valence-electron chi connectivity index (χ1n) is 5.93. The molecule has 1 aromatic heterocycles. The molecule has 3 N–H and O–H groups in total. The van der Waals surface area contributed by atoms with Crippen molar-refractivity contribution in [2.24, 2.45) is 10.9 Å². The molecule has 19 heavy (non-hydrogen) atoms. The Morgan fingerprint density at radius 2 is 2.16 bits per heavy atom. The van der Waals surface area contributed by atoms with Crippen LogP contribution in [-0.2, 0) is 13.0 Å². The van der Waals surface area contributed by atoms with Crippen LogP contribution in [-0.4, -0.2) is 27.4 Å². The van der Waals surface area contributed by atoms with Gasteiger partial charge in [0.15, 0.2) is 0 Å². The van der Waals surface area contributed by atoms with Crippen molar-refractivity contribution < 1.29 is 9.94 Å². The quantitative estimate of drug-likeness (QED) is 0.354. The topological polar surface area (TPSA) is 85.7 Å². The van der Waals surface area contributed by atoms with Crippen molar-refractivity contribution in [2.45, 2.75) is 13.0 Å². The van der Waals surface area contributed by atoms with Crippen molar-refractivity contribution in [3.8, 4) is 5.75 Å². The second-order valence-electron chi connectivity index (χ2n) is 4.03. The van der Waals surface area contributed by atoms with Crippen molar-refractivity contribution in [2.75, 3.05) is 6.61 Å². The maximum Gasteiger partial charge on any atom is 0.143 e. The van der Waals surface area contributed by atoms with Gasteiger partial charge in [-0.05, 0) is 23.8 Å². The molecule has 0 unspecified atom stereocenters.